The second-order valence-electron chi connectivity index (χ2n) is 2.35. The number of nitrogens with one attached hydrogen (secondary N) is 1. The lowest BCUT2D eigenvalue weighted by Crippen LogP contribution is -2.22. The maximum atomic E-state index is 11.1. The van der Waals surface area contributed by atoms with Crippen molar-refractivity contribution >= 4 is 36.1 Å². The van der Waals surface area contributed by atoms with E-state index in [1.54, 1.807) is 30.5 Å². The lowest BCUT2D eigenvalue weighted by Gasteiger charge is -2.07. The Kier molecular flexibility index (Phi) is 3.63. The van der Waals surface area contributed by atoms with Crippen molar-refractivity contribution < 1.29 is 4.79 Å². The van der Waals surface area contributed by atoms with E-state index in [4.69, 9.17) is 16.9 Å². The fourth-order valence-electron chi connectivity index (χ4n) is 0.755. The van der Waals surface area contributed by atoms with Crippen LogP contribution in [0, 0.1) is 11.5 Å². The molecule has 0 bridgehead atoms. The lowest BCUT2D eigenvalue weighted by atomic mass is 10.3. The zero-order valence-corrected chi connectivity index (χ0v) is 8.59. The van der Waals surface area contributed by atoms with Crippen molar-refractivity contribution in [1.82, 2.24) is 4.31 Å². The van der Waals surface area contributed by atoms with Crippen LogP contribution in [0.4, 0.5) is 10.5 Å². The van der Waals surface area contributed by atoms with Gasteiger partial charge in [-0.3, -0.25) is 0 Å². The summed E-state index contributed by atoms with van der Waals surface area (Å²) in [6, 6.07) is 5.90. The third-order valence-electron chi connectivity index (χ3n) is 1.38. The van der Waals surface area contributed by atoms with Crippen LogP contribution in [0.2, 0.25) is 5.02 Å². The first-order valence-electron chi connectivity index (χ1n) is 3.59. The van der Waals surface area contributed by atoms with Gasteiger partial charge >= 0.3 is 6.03 Å². The number of hydrogen-bond donors (Lipinski definition) is 2. The topological polar surface area (TPSA) is 56.1 Å². The van der Waals surface area contributed by atoms with E-state index in [-0.39, 0.29) is 0 Å². The van der Waals surface area contributed by atoms with E-state index in [9.17, 15) is 4.79 Å². The van der Waals surface area contributed by atoms with Gasteiger partial charge in [0, 0.05) is 10.7 Å². The fraction of sp³-hybridized carbons (Fsp3) is 0. The van der Waals surface area contributed by atoms with Crippen molar-refractivity contribution in [1.29, 1.82) is 5.26 Å². The lowest BCUT2D eigenvalue weighted by molar-refractivity contribution is 0.246. The van der Waals surface area contributed by atoms with Crippen LogP contribution in [0.5, 0.6) is 0 Å². The van der Waals surface area contributed by atoms with E-state index in [2.05, 4.69) is 18.1 Å². The quantitative estimate of drug-likeness (QED) is 0.440. The summed E-state index contributed by atoms with van der Waals surface area (Å²) in [4.78, 5) is 11.1. The minimum Gasteiger partial charge on any atom is -0.306 e. The predicted octanol–water partition coefficient (Wildman–Crippen LogP) is 2.50. The van der Waals surface area contributed by atoms with Gasteiger partial charge in [-0.1, -0.05) is 11.6 Å². The third-order valence-corrected chi connectivity index (χ3v) is 1.91. The number of nitriles is 1. The zero-order valence-electron chi connectivity index (χ0n) is 6.94. The molecular formula is C8H6ClN3OS. The van der Waals surface area contributed by atoms with Crippen LogP contribution in [-0.2, 0) is 0 Å². The number of urea groups is 1. The first-order chi connectivity index (χ1) is 6.63. The number of nitrogens with zero attached hydrogens (tertiary/aromatic N) is 2. The van der Waals surface area contributed by atoms with E-state index < -0.39 is 6.03 Å². The van der Waals surface area contributed by atoms with Gasteiger partial charge in [0.05, 0.1) is 0 Å². The Bertz CT molecular complexity index is 373. The van der Waals surface area contributed by atoms with Crippen molar-refractivity contribution in [3.05, 3.63) is 29.3 Å². The second kappa shape index (κ2) is 4.74. The summed E-state index contributed by atoms with van der Waals surface area (Å²) in [6.45, 7) is 0. The molecule has 0 aliphatic carbocycles. The summed E-state index contributed by atoms with van der Waals surface area (Å²) in [6.07, 6.45) is 1.56. The highest BCUT2D eigenvalue weighted by atomic mass is 35.5. The molecule has 0 aliphatic heterocycles. The smallest absolute Gasteiger partial charge is 0.306 e. The van der Waals surface area contributed by atoms with Gasteiger partial charge in [-0.2, -0.15) is 9.57 Å². The molecule has 0 saturated carbocycles. The number of halogens is 1. The van der Waals surface area contributed by atoms with Gasteiger partial charge in [-0.05, 0) is 37.1 Å². The van der Waals surface area contributed by atoms with E-state index in [1.165, 1.54) is 0 Å². The van der Waals surface area contributed by atoms with Crippen molar-refractivity contribution in [2.24, 2.45) is 0 Å². The third kappa shape index (κ3) is 2.83. The standard InChI is InChI=1S/C8H6ClN3OS/c9-6-1-3-7(4-2-6)11-8(13)12(14)5-10/h1-4,14H,(H,11,13). The Labute approximate surface area is 91.6 Å². The molecule has 0 aliphatic rings. The first kappa shape index (κ1) is 10.7. The average molecular weight is 228 g/mol. The summed E-state index contributed by atoms with van der Waals surface area (Å²) in [5.74, 6) is 0. The number of amides is 2. The van der Waals surface area contributed by atoms with E-state index in [1.807, 2.05) is 0 Å². The number of hydrogen-bond acceptors (Lipinski definition) is 3. The summed E-state index contributed by atoms with van der Waals surface area (Å²) in [7, 11) is 0. The zero-order chi connectivity index (χ0) is 10.6. The molecule has 1 N–H and O–H groups in total. The summed E-state index contributed by atoms with van der Waals surface area (Å²) >= 11 is 9.26. The highest BCUT2D eigenvalue weighted by Crippen LogP contribution is 2.13. The molecule has 1 aromatic carbocycles. The molecule has 1 aromatic rings. The number of anilines is 1. The molecule has 6 heteroatoms. The average Bonchev–Trinajstić information content (AvgIpc) is 2.20. The maximum absolute atomic E-state index is 11.1. The summed E-state index contributed by atoms with van der Waals surface area (Å²) in [5, 5.41) is 11.4. The molecule has 4 nitrogen and oxygen atoms in total. The van der Waals surface area contributed by atoms with Crippen LogP contribution in [0.1, 0.15) is 0 Å². The van der Waals surface area contributed by atoms with Crippen molar-refractivity contribution in [2.75, 3.05) is 5.32 Å². The molecule has 14 heavy (non-hydrogen) atoms. The maximum Gasteiger partial charge on any atom is 0.345 e. The SMILES string of the molecule is N#CN(S)C(=O)Nc1ccc(Cl)cc1. The van der Waals surface area contributed by atoms with Crippen molar-refractivity contribution in [2.45, 2.75) is 0 Å². The van der Waals surface area contributed by atoms with E-state index in [0.717, 1.165) is 0 Å². The second-order valence-corrected chi connectivity index (χ2v) is 3.19. The molecule has 0 atom stereocenters. The molecule has 0 radical (unpaired) electrons. The van der Waals surface area contributed by atoms with Gasteiger partial charge in [0.1, 0.15) is 0 Å². The van der Waals surface area contributed by atoms with Crippen LogP contribution < -0.4 is 5.32 Å². The van der Waals surface area contributed by atoms with Gasteiger partial charge in [0.15, 0.2) is 6.19 Å². The van der Waals surface area contributed by atoms with E-state index >= 15 is 0 Å². The number of carbonyl (C=O) groups excluding carboxylic acids is 1. The molecule has 0 fully saturated rings. The molecule has 72 valence electrons. The molecule has 2 amide bonds. The molecule has 0 spiro atoms. The Hall–Kier alpha value is -1.38. The molecule has 0 unspecified atom stereocenters. The molecule has 0 heterocycles. The summed E-state index contributed by atoms with van der Waals surface area (Å²) < 4.78 is 0.592. The van der Waals surface area contributed by atoms with Gasteiger partial charge in [-0.25, -0.2) is 4.79 Å². The molecule has 0 saturated heterocycles. The number of rotatable bonds is 1. The fourth-order valence-corrected chi connectivity index (χ4v) is 0.931. The van der Waals surface area contributed by atoms with Crippen LogP contribution in [-0.4, -0.2) is 10.3 Å². The Morgan fingerprint density at radius 3 is 2.57 bits per heavy atom. The van der Waals surface area contributed by atoms with Crippen LogP contribution in [0.3, 0.4) is 0 Å². The Balaban J connectivity index is 2.66. The number of benzene rings is 1. The van der Waals surface area contributed by atoms with E-state index in [0.29, 0.717) is 15.0 Å². The molecule has 0 aromatic heterocycles. The normalized spacial score (nSPS) is 8.93. The highest BCUT2D eigenvalue weighted by Gasteiger charge is 2.07. The Morgan fingerprint density at radius 2 is 2.07 bits per heavy atom. The predicted molar refractivity (Wildman–Crippen MR) is 56.9 cm³/mol. The minimum atomic E-state index is -0.613. The van der Waals surface area contributed by atoms with Crippen molar-refractivity contribution in [3.8, 4) is 6.19 Å². The monoisotopic (exact) mass is 227 g/mol. The summed E-state index contributed by atoms with van der Waals surface area (Å²) in [5.41, 5.74) is 0.550. The van der Waals surface area contributed by atoms with Crippen LogP contribution >= 0.6 is 24.4 Å². The van der Waals surface area contributed by atoms with Crippen LogP contribution in [0.25, 0.3) is 0 Å². The van der Waals surface area contributed by atoms with Gasteiger partial charge in [0.2, 0.25) is 0 Å². The van der Waals surface area contributed by atoms with Gasteiger partial charge in [-0.15, -0.1) is 0 Å². The van der Waals surface area contributed by atoms with Crippen molar-refractivity contribution in [3.63, 3.8) is 0 Å². The van der Waals surface area contributed by atoms with Gasteiger partial charge in [0.25, 0.3) is 0 Å². The first-order valence-corrected chi connectivity index (χ1v) is 4.36. The molecular weight excluding hydrogens is 222 g/mol. The minimum absolute atomic E-state index is 0.550. The van der Waals surface area contributed by atoms with Crippen LogP contribution in [0.15, 0.2) is 24.3 Å². The number of carbonyl (C=O) groups is 1. The highest BCUT2D eigenvalue weighted by molar-refractivity contribution is 7.78. The molecule has 1 rings (SSSR count). The number of thiol groups is 1. The largest absolute Gasteiger partial charge is 0.345 e. The Morgan fingerprint density at radius 1 is 1.50 bits per heavy atom. The van der Waals surface area contributed by atoms with Gasteiger partial charge < -0.3 is 5.32 Å².